The molecule has 0 atom stereocenters. The van der Waals surface area contributed by atoms with E-state index in [0.29, 0.717) is 0 Å². The van der Waals surface area contributed by atoms with Gasteiger partial charge < -0.3 is 0 Å². The van der Waals surface area contributed by atoms with Gasteiger partial charge in [-0.15, -0.1) is 22.7 Å². The first-order valence-electron chi connectivity index (χ1n) is 6.17. The fourth-order valence-corrected chi connectivity index (χ4v) is 4.52. The second-order valence-corrected chi connectivity index (χ2v) is 6.98. The average Bonchev–Trinajstić information content (AvgIpc) is 3.18. The Morgan fingerprint density at radius 1 is 0.900 bits per heavy atom. The normalized spacial score (nSPS) is 11.2. The predicted molar refractivity (Wildman–Crippen MR) is 88.8 cm³/mol. The predicted octanol–water partition coefficient (Wildman–Crippen LogP) is 5.46. The summed E-state index contributed by atoms with van der Waals surface area (Å²) in [6, 6.07) is 10.8. The van der Waals surface area contributed by atoms with Gasteiger partial charge in [-0.25, -0.2) is 0 Å². The van der Waals surface area contributed by atoms with Gasteiger partial charge in [0.25, 0.3) is 0 Å². The van der Waals surface area contributed by atoms with Gasteiger partial charge in [0.1, 0.15) is 11.0 Å². The zero-order valence-corrected chi connectivity index (χ0v) is 13.1. The maximum Gasteiger partial charge on any atom is 0.114 e. The highest BCUT2D eigenvalue weighted by Crippen LogP contribution is 2.37. The molecule has 0 radical (unpaired) electrons. The van der Waals surface area contributed by atoms with Crippen molar-refractivity contribution in [2.75, 3.05) is 0 Å². The van der Waals surface area contributed by atoms with Crippen LogP contribution in [0.4, 0.5) is 0 Å². The summed E-state index contributed by atoms with van der Waals surface area (Å²) in [5.74, 6) is 0. The lowest BCUT2D eigenvalue weighted by molar-refractivity contribution is 1.55. The summed E-state index contributed by atoms with van der Waals surface area (Å²) in [5, 5.41) is 4.27. The molecule has 1 aromatic carbocycles. The van der Waals surface area contributed by atoms with Crippen molar-refractivity contribution < 1.29 is 0 Å². The quantitative estimate of drug-likeness (QED) is 0.491. The van der Waals surface area contributed by atoms with Crippen LogP contribution in [-0.2, 0) is 0 Å². The van der Waals surface area contributed by atoms with E-state index in [2.05, 4.69) is 56.8 Å². The van der Waals surface area contributed by atoms with Crippen LogP contribution < -0.4 is 0 Å². The molecular formula is C15H10N2S3. The fraction of sp³-hybridized carbons (Fsp3) is 0.0667. The summed E-state index contributed by atoms with van der Waals surface area (Å²) in [6.45, 7) is 2.12. The number of fused-ring (bicyclic) bond motifs is 1. The Morgan fingerprint density at radius 2 is 1.65 bits per heavy atom. The van der Waals surface area contributed by atoms with Crippen LogP contribution in [0.3, 0.4) is 0 Å². The van der Waals surface area contributed by atoms with Gasteiger partial charge in [0.2, 0.25) is 0 Å². The summed E-state index contributed by atoms with van der Waals surface area (Å²) in [5.41, 5.74) is 5.69. The van der Waals surface area contributed by atoms with Crippen molar-refractivity contribution in [3.63, 3.8) is 0 Å². The third-order valence-electron chi connectivity index (χ3n) is 3.20. The molecule has 5 heteroatoms. The molecule has 20 heavy (non-hydrogen) atoms. The fourth-order valence-electron chi connectivity index (χ4n) is 2.27. The topological polar surface area (TPSA) is 25.8 Å². The van der Waals surface area contributed by atoms with Gasteiger partial charge >= 0.3 is 0 Å². The van der Waals surface area contributed by atoms with Crippen molar-refractivity contribution in [2.24, 2.45) is 0 Å². The third-order valence-corrected chi connectivity index (χ3v) is 5.71. The highest BCUT2D eigenvalue weighted by atomic mass is 32.1. The number of aryl methyl sites for hydroxylation is 1. The molecule has 0 amide bonds. The summed E-state index contributed by atoms with van der Waals surface area (Å²) in [6.07, 6.45) is 0. The average molecular weight is 314 g/mol. The molecule has 0 saturated heterocycles. The van der Waals surface area contributed by atoms with E-state index in [1.54, 1.807) is 22.7 Å². The van der Waals surface area contributed by atoms with E-state index in [-0.39, 0.29) is 0 Å². The largest absolute Gasteiger partial charge is 0.172 e. The monoisotopic (exact) mass is 314 g/mol. The van der Waals surface area contributed by atoms with Crippen molar-refractivity contribution >= 4 is 45.4 Å². The molecule has 0 spiro atoms. The zero-order valence-electron chi connectivity index (χ0n) is 10.7. The maximum absolute atomic E-state index is 4.52. The molecule has 0 bridgehead atoms. The lowest BCUT2D eigenvalue weighted by atomic mass is 10.1. The molecule has 0 aliphatic heterocycles. The van der Waals surface area contributed by atoms with Gasteiger partial charge in [-0.2, -0.15) is 8.75 Å². The Bertz CT molecular complexity index is 872. The molecule has 98 valence electrons. The number of benzene rings is 1. The molecular weight excluding hydrogens is 304 g/mol. The van der Waals surface area contributed by atoms with Gasteiger partial charge in [0, 0.05) is 20.9 Å². The zero-order chi connectivity index (χ0) is 13.5. The molecule has 0 saturated carbocycles. The Hall–Kier alpha value is -1.56. The van der Waals surface area contributed by atoms with Crippen molar-refractivity contribution in [2.45, 2.75) is 6.92 Å². The van der Waals surface area contributed by atoms with Crippen molar-refractivity contribution in [1.29, 1.82) is 0 Å². The Balaban J connectivity index is 1.98. The summed E-state index contributed by atoms with van der Waals surface area (Å²) >= 11 is 4.79. The second kappa shape index (κ2) is 4.77. The van der Waals surface area contributed by atoms with Crippen LogP contribution in [0.5, 0.6) is 0 Å². The van der Waals surface area contributed by atoms with E-state index in [9.17, 15) is 0 Å². The highest BCUT2D eigenvalue weighted by molar-refractivity contribution is 7.14. The van der Waals surface area contributed by atoms with Crippen LogP contribution in [-0.4, -0.2) is 8.75 Å². The van der Waals surface area contributed by atoms with Crippen LogP contribution in [0.25, 0.3) is 31.9 Å². The van der Waals surface area contributed by atoms with Gasteiger partial charge in [-0.05, 0) is 35.4 Å². The molecule has 3 aromatic heterocycles. The highest BCUT2D eigenvalue weighted by Gasteiger charge is 2.14. The number of hydrogen-bond donors (Lipinski definition) is 0. The standard InChI is InChI=1S/C15H10N2S3/c1-9-7-13(19-8-9)11-5-4-10(12-3-2-6-18-12)14-15(11)17-20-16-14/h2-8H,1H3. The molecule has 3 heterocycles. The van der Waals surface area contributed by atoms with Crippen molar-refractivity contribution in [1.82, 2.24) is 8.75 Å². The van der Waals surface area contributed by atoms with E-state index >= 15 is 0 Å². The first kappa shape index (κ1) is 12.2. The Labute approximate surface area is 128 Å². The molecule has 2 nitrogen and oxygen atoms in total. The van der Waals surface area contributed by atoms with Crippen molar-refractivity contribution in [3.05, 3.63) is 46.7 Å². The maximum atomic E-state index is 4.52. The smallest absolute Gasteiger partial charge is 0.114 e. The third kappa shape index (κ3) is 1.90. The number of hydrogen-bond acceptors (Lipinski definition) is 5. The number of nitrogens with zero attached hydrogens (tertiary/aromatic N) is 2. The number of rotatable bonds is 2. The molecule has 4 aromatic rings. The van der Waals surface area contributed by atoms with Crippen LogP contribution in [0.15, 0.2) is 41.1 Å². The summed E-state index contributed by atoms with van der Waals surface area (Å²) < 4.78 is 9.03. The van der Waals surface area contributed by atoms with Gasteiger partial charge in [0.15, 0.2) is 0 Å². The van der Waals surface area contributed by atoms with E-state index < -0.39 is 0 Å². The van der Waals surface area contributed by atoms with E-state index in [4.69, 9.17) is 0 Å². The van der Waals surface area contributed by atoms with Crippen LogP contribution in [0.2, 0.25) is 0 Å². The Kier molecular flexibility index (Phi) is 2.91. The lowest BCUT2D eigenvalue weighted by Gasteiger charge is -2.03. The lowest BCUT2D eigenvalue weighted by Crippen LogP contribution is -1.81. The van der Waals surface area contributed by atoms with Crippen molar-refractivity contribution in [3.8, 4) is 20.9 Å². The van der Waals surface area contributed by atoms with Crippen LogP contribution >= 0.6 is 34.4 Å². The SMILES string of the molecule is Cc1csc(-c2ccc(-c3cccs3)c3nsnc23)c1. The van der Waals surface area contributed by atoms with Gasteiger partial charge in [-0.1, -0.05) is 18.2 Å². The minimum Gasteiger partial charge on any atom is -0.172 e. The molecule has 0 N–H and O–H groups in total. The number of aromatic nitrogens is 2. The molecule has 4 rings (SSSR count). The van der Waals surface area contributed by atoms with Gasteiger partial charge in [0.05, 0.1) is 11.7 Å². The van der Waals surface area contributed by atoms with Crippen LogP contribution in [0.1, 0.15) is 5.56 Å². The minimum atomic E-state index is 1.01. The summed E-state index contributed by atoms with van der Waals surface area (Å²) in [4.78, 5) is 2.51. The Morgan fingerprint density at radius 3 is 2.25 bits per heavy atom. The van der Waals surface area contributed by atoms with E-state index in [1.165, 1.54) is 38.2 Å². The molecule has 0 fully saturated rings. The van der Waals surface area contributed by atoms with E-state index in [0.717, 1.165) is 11.0 Å². The molecule has 0 aliphatic rings. The first-order valence-corrected chi connectivity index (χ1v) is 8.66. The molecule has 0 unspecified atom stereocenters. The van der Waals surface area contributed by atoms with E-state index in [1.807, 2.05) is 0 Å². The minimum absolute atomic E-state index is 1.01. The van der Waals surface area contributed by atoms with Gasteiger partial charge in [-0.3, -0.25) is 0 Å². The molecule has 0 aliphatic carbocycles. The number of thiophene rings is 2. The first-order chi connectivity index (χ1) is 9.83. The summed E-state index contributed by atoms with van der Waals surface area (Å²) in [7, 11) is 0. The van der Waals surface area contributed by atoms with Crippen LogP contribution in [0, 0.1) is 6.92 Å². The second-order valence-electron chi connectivity index (χ2n) is 4.59.